The van der Waals surface area contributed by atoms with Crippen LogP contribution in [-0.4, -0.2) is 35.9 Å². The highest BCUT2D eigenvalue weighted by atomic mass is 79.9. The first kappa shape index (κ1) is 14.8. The van der Waals surface area contributed by atoms with E-state index in [-0.39, 0.29) is 5.54 Å². The minimum Gasteiger partial charge on any atom is -0.387 e. The van der Waals surface area contributed by atoms with Crippen LogP contribution in [0.3, 0.4) is 0 Å². The summed E-state index contributed by atoms with van der Waals surface area (Å²) in [6, 6.07) is 6.37. The summed E-state index contributed by atoms with van der Waals surface area (Å²) in [4.78, 5) is 2.29. The van der Waals surface area contributed by atoms with E-state index in [0.717, 1.165) is 16.7 Å². The number of aryl methyl sites for hydroxylation is 1. The van der Waals surface area contributed by atoms with E-state index in [1.54, 1.807) is 0 Å². The quantitative estimate of drug-likeness (QED) is 0.832. The lowest BCUT2D eigenvalue weighted by molar-refractivity contribution is 0.0720. The monoisotopic (exact) mass is 326 g/mol. The molecule has 2 rings (SSSR count). The fourth-order valence-corrected chi connectivity index (χ4v) is 3.29. The number of hydrogen-bond donors (Lipinski definition) is 2. The van der Waals surface area contributed by atoms with Crippen LogP contribution in [0, 0.1) is 6.92 Å². The average Bonchev–Trinajstić information content (AvgIpc) is 2.35. The van der Waals surface area contributed by atoms with Crippen molar-refractivity contribution < 1.29 is 5.11 Å². The van der Waals surface area contributed by atoms with Gasteiger partial charge in [-0.05, 0) is 61.3 Å². The van der Waals surface area contributed by atoms with Crippen LogP contribution in [0.25, 0.3) is 0 Å². The van der Waals surface area contributed by atoms with Gasteiger partial charge in [0, 0.05) is 29.6 Å². The lowest BCUT2D eigenvalue weighted by Crippen LogP contribution is -2.51. The number of β-amino-alcohol motifs (C(OH)–C–C–N with tert-alkyl or cyclic N) is 1. The minimum atomic E-state index is -0.724. The first-order valence-electron chi connectivity index (χ1n) is 6.68. The number of hydrogen-bond acceptors (Lipinski definition) is 3. The van der Waals surface area contributed by atoms with Crippen LogP contribution in [0.4, 0.5) is 5.69 Å². The molecule has 0 bridgehead atoms. The molecule has 4 heteroatoms. The van der Waals surface area contributed by atoms with E-state index in [2.05, 4.69) is 65.1 Å². The maximum atomic E-state index is 10.4. The molecule has 1 aliphatic heterocycles. The molecule has 1 aromatic carbocycles. The zero-order chi connectivity index (χ0) is 14.3. The van der Waals surface area contributed by atoms with Gasteiger partial charge in [0.05, 0.1) is 11.3 Å². The summed E-state index contributed by atoms with van der Waals surface area (Å²) >= 11 is 3.65. The average molecular weight is 327 g/mol. The van der Waals surface area contributed by atoms with E-state index in [9.17, 15) is 5.11 Å². The summed E-state index contributed by atoms with van der Waals surface area (Å²) in [5, 5.41) is 13.8. The van der Waals surface area contributed by atoms with Gasteiger partial charge >= 0.3 is 0 Å². The Morgan fingerprint density at radius 1 is 1.26 bits per heavy atom. The second-order valence-electron chi connectivity index (χ2n) is 6.45. The summed E-state index contributed by atoms with van der Waals surface area (Å²) in [6.45, 7) is 10.5. The number of benzene rings is 1. The molecule has 1 heterocycles. The maximum Gasteiger partial charge on any atom is 0.0917 e. The number of rotatable bonds is 1. The van der Waals surface area contributed by atoms with Gasteiger partial charge in [0.2, 0.25) is 0 Å². The fourth-order valence-electron chi connectivity index (χ4n) is 2.59. The van der Waals surface area contributed by atoms with E-state index in [1.807, 2.05) is 6.92 Å². The van der Waals surface area contributed by atoms with Crippen LogP contribution in [0.1, 0.15) is 26.3 Å². The molecule has 0 amide bonds. The van der Waals surface area contributed by atoms with Crippen LogP contribution in [0.2, 0.25) is 0 Å². The van der Waals surface area contributed by atoms with Crippen LogP contribution in [0.5, 0.6) is 0 Å². The van der Waals surface area contributed by atoms with Crippen LogP contribution >= 0.6 is 15.9 Å². The van der Waals surface area contributed by atoms with Crippen molar-refractivity contribution in [2.24, 2.45) is 0 Å². The normalized spacial score (nSPS) is 27.2. The Balaban J connectivity index is 2.43. The summed E-state index contributed by atoms with van der Waals surface area (Å²) in [6.07, 6.45) is 0. The molecule has 1 aliphatic rings. The summed E-state index contributed by atoms with van der Waals surface area (Å²) in [5.41, 5.74) is 1.60. The Hall–Kier alpha value is -0.580. The van der Waals surface area contributed by atoms with E-state index >= 15 is 0 Å². The standard InChI is InChI=1S/C15H23BrN2O/c1-11-5-6-13(12(16)7-11)18-10-15(4,19)9-17-8-14(18,2)3/h5-7,17,19H,8-10H2,1-4H3. The number of halogens is 1. The second kappa shape index (κ2) is 5.08. The lowest BCUT2D eigenvalue weighted by Gasteiger charge is -2.41. The molecule has 0 spiro atoms. The maximum absolute atomic E-state index is 10.4. The Kier molecular flexibility index (Phi) is 3.96. The van der Waals surface area contributed by atoms with E-state index in [1.165, 1.54) is 5.56 Å². The van der Waals surface area contributed by atoms with Crippen molar-refractivity contribution in [3.63, 3.8) is 0 Å². The molecule has 0 aromatic heterocycles. The summed E-state index contributed by atoms with van der Waals surface area (Å²) in [5.74, 6) is 0. The second-order valence-corrected chi connectivity index (χ2v) is 7.31. The third-order valence-electron chi connectivity index (χ3n) is 3.69. The molecule has 2 N–H and O–H groups in total. The molecule has 0 saturated carbocycles. The van der Waals surface area contributed by atoms with Gasteiger partial charge in [0.1, 0.15) is 0 Å². The molecule has 1 unspecified atom stereocenters. The van der Waals surface area contributed by atoms with Crippen LogP contribution in [-0.2, 0) is 0 Å². The highest BCUT2D eigenvalue weighted by Gasteiger charge is 2.37. The Bertz CT molecular complexity index is 471. The first-order valence-corrected chi connectivity index (χ1v) is 7.47. The van der Waals surface area contributed by atoms with Gasteiger partial charge < -0.3 is 15.3 Å². The van der Waals surface area contributed by atoms with E-state index < -0.39 is 5.60 Å². The molecule has 19 heavy (non-hydrogen) atoms. The Labute approximate surface area is 124 Å². The molecular formula is C15H23BrN2O. The van der Waals surface area contributed by atoms with Crippen molar-refractivity contribution in [1.82, 2.24) is 5.32 Å². The zero-order valence-electron chi connectivity index (χ0n) is 12.1. The third-order valence-corrected chi connectivity index (χ3v) is 4.32. The van der Waals surface area contributed by atoms with Crippen molar-refractivity contribution in [1.29, 1.82) is 0 Å². The van der Waals surface area contributed by atoms with Gasteiger partial charge in [-0.25, -0.2) is 0 Å². The first-order chi connectivity index (χ1) is 8.71. The van der Waals surface area contributed by atoms with Gasteiger partial charge in [-0.3, -0.25) is 0 Å². The van der Waals surface area contributed by atoms with Gasteiger partial charge in [-0.1, -0.05) is 6.07 Å². The molecule has 1 saturated heterocycles. The van der Waals surface area contributed by atoms with Gasteiger partial charge in [-0.2, -0.15) is 0 Å². The third kappa shape index (κ3) is 3.30. The molecular weight excluding hydrogens is 304 g/mol. The highest BCUT2D eigenvalue weighted by molar-refractivity contribution is 9.10. The Morgan fingerprint density at radius 3 is 2.58 bits per heavy atom. The molecule has 0 aliphatic carbocycles. The molecule has 3 nitrogen and oxygen atoms in total. The number of nitrogens with zero attached hydrogens (tertiary/aromatic N) is 1. The van der Waals surface area contributed by atoms with Gasteiger partial charge in [0.25, 0.3) is 0 Å². The zero-order valence-corrected chi connectivity index (χ0v) is 13.7. The molecule has 1 aromatic rings. The summed E-state index contributed by atoms with van der Waals surface area (Å²) < 4.78 is 1.08. The number of nitrogens with one attached hydrogen (secondary N) is 1. The lowest BCUT2D eigenvalue weighted by atomic mass is 9.99. The largest absolute Gasteiger partial charge is 0.387 e. The highest BCUT2D eigenvalue weighted by Crippen LogP contribution is 2.34. The smallest absolute Gasteiger partial charge is 0.0917 e. The van der Waals surface area contributed by atoms with E-state index in [0.29, 0.717) is 13.1 Å². The molecule has 1 atom stereocenters. The molecule has 1 fully saturated rings. The SMILES string of the molecule is Cc1ccc(N2CC(C)(O)CNCC2(C)C)c(Br)c1. The molecule has 106 valence electrons. The molecule has 0 radical (unpaired) electrons. The van der Waals surface area contributed by atoms with Crippen LogP contribution < -0.4 is 10.2 Å². The van der Waals surface area contributed by atoms with Gasteiger partial charge in [0.15, 0.2) is 0 Å². The Morgan fingerprint density at radius 2 is 1.95 bits per heavy atom. The fraction of sp³-hybridized carbons (Fsp3) is 0.600. The van der Waals surface area contributed by atoms with Crippen molar-refractivity contribution >= 4 is 21.6 Å². The predicted octanol–water partition coefficient (Wildman–Crippen LogP) is 2.70. The summed E-state index contributed by atoms with van der Waals surface area (Å²) in [7, 11) is 0. The van der Waals surface area contributed by atoms with Crippen molar-refractivity contribution in [3.05, 3.63) is 28.2 Å². The number of anilines is 1. The number of aliphatic hydroxyl groups is 1. The minimum absolute atomic E-state index is 0.0434. The van der Waals surface area contributed by atoms with E-state index in [4.69, 9.17) is 0 Å². The van der Waals surface area contributed by atoms with Crippen molar-refractivity contribution in [2.75, 3.05) is 24.5 Å². The topological polar surface area (TPSA) is 35.5 Å². The van der Waals surface area contributed by atoms with Gasteiger partial charge in [-0.15, -0.1) is 0 Å². The predicted molar refractivity (Wildman–Crippen MR) is 83.8 cm³/mol. The van der Waals surface area contributed by atoms with Crippen LogP contribution in [0.15, 0.2) is 22.7 Å². The van der Waals surface area contributed by atoms with Crippen molar-refractivity contribution in [2.45, 2.75) is 38.8 Å². The van der Waals surface area contributed by atoms with Crippen molar-refractivity contribution in [3.8, 4) is 0 Å².